The lowest BCUT2D eigenvalue weighted by Crippen LogP contribution is -2.03. The summed E-state index contributed by atoms with van der Waals surface area (Å²) in [7, 11) is 2.94. The zero-order valence-corrected chi connectivity index (χ0v) is 12.9. The Kier molecular flexibility index (Phi) is 3.69. The highest BCUT2D eigenvalue weighted by Crippen LogP contribution is 2.38. The van der Waals surface area contributed by atoms with Crippen molar-refractivity contribution in [3.05, 3.63) is 40.6 Å². The van der Waals surface area contributed by atoms with E-state index in [0.29, 0.717) is 17.1 Å². The van der Waals surface area contributed by atoms with E-state index in [0.717, 1.165) is 0 Å². The second kappa shape index (κ2) is 5.69. The van der Waals surface area contributed by atoms with Gasteiger partial charge in [-0.15, -0.1) is 0 Å². The molecule has 0 aliphatic rings. The number of benzene rings is 2. The van der Waals surface area contributed by atoms with Crippen molar-refractivity contribution >= 4 is 11.0 Å². The van der Waals surface area contributed by atoms with Gasteiger partial charge in [0.15, 0.2) is 17.3 Å². The first-order valence-corrected chi connectivity index (χ1v) is 6.90. The minimum Gasteiger partial charge on any atom is -0.504 e. The van der Waals surface area contributed by atoms with Crippen LogP contribution >= 0.6 is 0 Å². The summed E-state index contributed by atoms with van der Waals surface area (Å²) in [6, 6.07) is 7.27. The van der Waals surface area contributed by atoms with Gasteiger partial charge in [-0.05, 0) is 24.3 Å². The molecule has 2 aromatic carbocycles. The Labute approximate surface area is 135 Å². The van der Waals surface area contributed by atoms with Crippen LogP contribution in [0, 0.1) is 0 Å². The maximum absolute atomic E-state index is 12.4. The van der Waals surface area contributed by atoms with Crippen LogP contribution in [0.5, 0.6) is 28.7 Å². The van der Waals surface area contributed by atoms with Gasteiger partial charge in [0.2, 0.25) is 11.2 Å². The van der Waals surface area contributed by atoms with Crippen molar-refractivity contribution in [3.63, 3.8) is 0 Å². The fourth-order valence-electron chi connectivity index (χ4n) is 2.38. The Balaban J connectivity index is 2.34. The summed E-state index contributed by atoms with van der Waals surface area (Å²) in [6.45, 7) is 0. The maximum atomic E-state index is 12.4. The highest BCUT2D eigenvalue weighted by atomic mass is 16.5. The molecule has 24 heavy (non-hydrogen) atoms. The van der Waals surface area contributed by atoms with Gasteiger partial charge in [-0.25, -0.2) is 0 Å². The van der Waals surface area contributed by atoms with E-state index in [1.807, 2.05) is 0 Å². The Morgan fingerprint density at radius 1 is 0.917 bits per heavy atom. The molecule has 0 aliphatic heterocycles. The van der Waals surface area contributed by atoms with Crippen molar-refractivity contribution in [2.75, 3.05) is 14.2 Å². The van der Waals surface area contributed by atoms with Crippen LogP contribution in [0.15, 0.2) is 39.5 Å². The number of rotatable bonds is 3. The van der Waals surface area contributed by atoms with Crippen LogP contribution in [0.2, 0.25) is 0 Å². The smallest absolute Gasteiger partial charge is 0.238 e. The molecule has 0 saturated carbocycles. The third kappa shape index (κ3) is 2.36. The molecule has 1 aromatic heterocycles. The van der Waals surface area contributed by atoms with Gasteiger partial charge >= 0.3 is 0 Å². The SMILES string of the molecule is COc1cc(OC)cc(-c2oc3ccc(O)c(O)c3c(=O)c2O)c1. The second-order valence-corrected chi connectivity index (χ2v) is 5.02. The molecule has 0 amide bonds. The normalized spacial score (nSPS) is 10.8. The molecule has 3 rings (SSSR count). The average molecular weight is 330 g/mol. The molecule has 3 aromatic rings. The van der Waals surface area contributed by atoms with Crippen LogP contribution in [-0.4, -0.2) is 29.5 Å². The van der Waals surface area contributed by atoms with Crippen molar-refractivity contribution in [2.24, 2.45) is 0 Å². The standard InChI is InChI=1S/C17H14O7/c1-22-9-5-8(6-10(7-9)23-2)17-16(21)15(20)13-12(24-17)4-3-11(18)14(13)19/h3-7,18-19,21H,1-2H3. The predicted octanol–water partition coefficient (Wildman–Crippen LogP) is 2.59. The third-order valence-corrected chi connectivity index (χ3v) is 3.60. The molecule has 0 saturated heterocycles. The van der Waals surface area contributed by atoms with Crippen molar-refractivity contribution in [1.29, 1.82) is 0 Å². The van der Waals surface area contributed by atoms with Crippen molar-refractivity contribution < 1.29 is 29.2 Å². The molecule has 0 radical (unpaired) electrons. The second-order valence-electron chi connectivity index (χ2n) is 5.02. The molecule has 124 valence electrons. The Bertz CT molecular complexity index is 966. The van der Waals surface area contributed by atoms with Gasteiger partial charge in [-0.2, -0.15) is 0 Å². The zero-order valence-electron chi connectivity index (χ0n) is 12.9. The number of hydrogen-bond donors (Lipinski definition) is 3. The van der Waals surface area contributed by atoms with Crippen molar-refractivity contribution in [1.82, 2.24) is 0 Å². The first kappa shape index (κ1) is 15.5. The van der Waals surface area contributed by atoms with E-state index in [-0.39, 0.29) is 16.7 Å². The quantitative estimate of drug-likeness (QED) is 0.633. The number of methoxy groups -OCH3 is 2. The highest BCUT2D eigenvalue weighted by molar-refractivity contribution is 5.89. The van der Waals surface area contributed by atoms with Crippen LogP contribution in [0.25, 0.3) is 22.3 Å². The largest absolute Gasteiger partial charge is 0.504 e. The molecule has 0 bridgehead atoms. The first-order valence-electron chi connectivity index (χ1n) is 6.90. The highest BCUT2D eigenvalue weighted by Gasteiger charge is 2.20. The van der Waals surface area contributed by atoms with Gasteiger partial charge < -0.3 is 29.2 Å². The van der Waals surface area contributed by atoms with E-state index >= 15 is 0 Å². The average Bonchev–Trinajstić information content (AvgIpc) is 2.60. The minimum absolute atomic E-state index is 0.0184. The van der Waals surface area contributed by atoms with Gasteiger partial charge in [-0.1, -0.05) is 0 Å². The summed E-state index contributed by atoms with van der Waals surface area (Å²) < 4.78 is 15.9. The number of aromatic hydroxyl groups is 3. The molecule has 7 nitrogen and oxygen atoms in total. The Morgan fingerprint density at radius 3 is 2.12 bits per heavy atom. The topological polar surface area (TPSA) is 109 Å². The molecule has 0 unspecified atom stereocenters. The molecule has 0 aliphatic carbocycles. The van der Waals surface area contributed by atoms with Gasteiger partial charge in [0, 0.05) is 11.6 Å². The number of fused-ring (bicyclic) bond motifs is 1. The van der Waals surface area contributed by atoms with Crippen LogP contribution in [0.1, 0.15) is 0 Å². The van der Waals surface area contributed by atoms with E-state index in [2.05, 4.69) is 0 Å². The molecular formula is C17H14O7. The summed E-state index contributed by atoms with van der Waals surface area (Å²) >= 11 is 0. The molecule has 3 N–H and O–H groups in total. The van der Waals surface area contributed by atoms with Crippen LogP contribution in [0.4, 0.5) is 0 Å². The van der Waals surface area contributed by atoms with Crippen LogP contribution in [-0.2, 0) is 0 Å². The first-order chi connectivity index (χ1) is 11.5. The number of ether oxygens (including phenoxy) is 2. The summed E-state index contributed by atoms with van der Waals surface area (Å²) in [5.74, 6) is -1.04. The lowest BCUT2D eigenvalue weighted by molar-refractivity contribution is 0.394. The Morgan fingerprint density at radius 2 is 1.54 bits per heavy atom. The van der Waals surface area contributed by atoms with E-state index in [4.69, 9.17) is 13.9 Å². The number of hydrogen-bond acceptors (Lipinski definition) is 7. The summed E-state index contributed by atoms with van der Waals surface area (Å²) in [5.41, 5.74) is -0.485. The molecule has 0 fully saturated rings. The minimum atomic E-state index is -0.860. The van der Waals surface area contributed by atoms with Gasteiger partial charge in [0.25, 0.3) is 0 Å². The summed E-state index contributed by atoms with van der Waals surface area (Å²) in [5, 5.41) is 29.2. The molecule has 0 spiro atoms. The maximum Gasteiger partial charge on any atom is 0.238 e. The number of phenols is 2. The van der Waals surface area contributed by atoms with Crippen LogP contribution in [0.3, 0.4) is 0 Å². The van der Waals surface area contributed by atoms with Gasteiger partial charge in [0.05, 0.1) is 14.2 Å². The van der Waals surface area contributed by atoms with Gasteiger partial charge in [0.1, 0.15) is 22.5 Å². The lowest BCUT2D eigenvalue weighted by Gasteiger charge is -2.10. The van der Waals surface area contributed by atoms with Crippen LogP contribution < -0.4 is 14.9 Å². The van der Waals surface area contributed by atoms with Gasteiger partial charge in [-0.3, -0.25) is 4.79 Å². The molecular weight excluding hydrogens is 316 g/mol. The molecule has 7 heteroatoms. The summed E-state index contributed by atoms with van der Waals surface area (Å²) in [6.07, 6.45) is 0. The Hall–Kier alpha value is -3.35. The molecule has 1 heterocycles. The third-order valence-electron chi connectivity index (χ3n) is 3.60. The molecule has 0 atom stereocenters. The zero-order chi connectivity index (χ0) is 17.4. The fourth-order valence-corrected chi connectivity index (χ4v) is 2.38. The lowest BCUT2D eigenvalue weighted by atomic mass is 10.1. The van der Waals surface area contributed by atoms with E-state index in [9.17, 15) is 20.1 Å². The van der Waals surface area contributed by atoms with Crippen molar-refractivity contribution in [2.45, 2.75) is 0 Å². The fraction of sp³-hybridized carbons (Fsp3) is 0.118. The van der Waals surface area contributed by atoms with E-state index in [1.54, 1.807) is 18.2 Å². The monoisotopic (exact) mass is 330 g/mol. The van der Waals surface area contributed by atoms with E-state index < -0.39 is 22.7 Å². The summed E-state index contributed by atoms with van der Waals surface area (Å²) in [4.78, 5) is 12.4. The van der Waals surface area contributed by atoms with Crippen molar-refractivity contribution in [3.8, 4) is 40.1 Å². The van der Waals surface area contributed by atoms with E-state index in [1.165, 1.54) is 26.4 Å². The predicted molar refractivity (Wildman–Crippen MR) is 86.0 cm³/mol. The number of phenolic OH excluding ortho intramolecular Hbond substituents is 2.